The molecule has 2 aromatic carbocycles. The number of anilines is 3. The first-order valence-corrected chi connectivity index (χ1v) is 8.62. The Balaban J connectivity index is 1.83. The van der Waals surface area contributed by atoms with Crippen LogP contribution in [0.3, 0.4) is 0 Å². The number of hydrogen-bond donors (Lipinski definition) is 3. The zero-order valence-corrected chi connectivity index (χ0v) is 15.2. The Bertz CT molecular complexity index is 748. The van der Waals surface area contributed by atoms with Crippen LogP contribution in [0.4, 0.5) is 17.1 Å². The third-order valence-corrected chi connectivity index (χ3v) is 4.04. The van der Waals surface area contributed by atoms with E-state index in [-0.39, 0.29) is 18.4 Å². The second kappa shape index (κ2) is 9.30. The molecule has 0 saturated carbocycles. The van der Waals surface area contributed by atoms with E-state index < -0.39 is 0 Å². The lowest BCUT2D eigenvalue weighted by molar-refractivity contribution is -0.116. The number of hydrogen-bond acceptors (Lipinski definition) is 3. The van der Waals surface area contributed by atoms with Crippen LogP contribution < -0.4 is 16.0 Å². The standard InChI is InChI=1S/C18H19Cl2N3O2/c1-2-3-17(24)22-13-6-4-12(5-7-13)21-11-18(25)23-14-8-9-15(19)16(20)10-14/h4-10,21H,2-3,11H2,1H3,(H,22,24)(H,23,25). The van der Waals surface area contributed by atoms with E-state index in [4.69, 9.17) is 23.2 Å². The summed E-state index contributed by atoms with van der Waals surface area (Å²) >= 11 is 11.7. The van der Waals surface area contributed by atoms with Gasteiger partial charge in [-0.2, -0.15) is 0 Å². The van der Waals surface area contributed by atoms with E-state index in [1.807, 2.05) is 6.92 Å². The first-order valence-electron chi connectivity index (χ1n) is 7.86. The van der Waals surface area contributed by atoms with Crippen LogP contribution >= 0.6 is 23.2 Å². The molecule has 0 unspecified atom stereocenters. The van der Waals surface area contributed by atoms with Gasteiger partial charge in [-0.25, -0.2) is 0 Å². The van der Waals surface area contributed by atoms with Gasteiger partial charge in [0.2, 0.25) is 11.8 Å². The number of carbonyl (C=O) groups excluding carboxylic acids is 2. The van der Waals surface area contributed by atoms with Crippen LogP contribution in [0.15, 0.2) is 42.5 Å². The first kappa shape index (κ1) is 19.1. The van der Waals surface area contributed by atoms with Crippen molar-refractivity contribution < 1.29 is 9.59 Å². The van der Waals surface area contributed by atoms with Crippen LogP contribution in [-0.4, -0.2) is 18.4 Å². The third kappa shape index (κ3) is 6.29. The predicted molar refractivity (Wildman–Crippen MR) is 104 cm³/mol. The van der Waals surface area contributed by atoms with E-state index in [2.05, 4.69) is 16.0 Å². The Hall–Kier alpha value is -2.24. The van der Waals surface area contributed by atoms with Gasteiger partial charge in [0.1, 0.15) is 0 Å². The zero-order valence-electron chi connectivity index (χ0n) is 13.7. The average molecular weight is 380 g/mol. The highest BCUT2D eigenvalue weighted by Gasteiger charge is 2.05. The van der Waals surface area contributed by atoms with E-state index in [9.17, 15) is 9.59 Å². The second-order valence-corrected chi connectivity index (χ2v) is 6.22. The fourth-order valence-corrected chi connectivity index (χ4v) is 2.38. The van der Waals surface area contributed by atoms with Crippen molar-refractivity contribution in [2.45, 2.75) is 19.8 Å². The highest BCUT2D eigenvalue weighted by molar-refractivity contribution is 6.42. The molecule has 132 valence electrons. The molecular formula is C18H19Cl2N3O2. The summed E-state index contributed by atoms with van der Waals surface area (Å²) < 4.78 is 0. The quantitative estimate of drug-likeness (QED) is 0.647. The molecule has 0 fully saturated rings. The molecule has 0 aliphatic rings. The van der Waals surface area contributed by atoms with E-state index >= 15 is 0 Å². The molecule has 2 aromatic rings. The lowest BCUT2D eigenvalue weighted by atomic mass is 10.2. The molecule has 0 bridgehead atoms. The molecule has 0 saturated heterocycles. The maximum atomic E-state index is 12.0. The summed E-state index contributed by atoms with van der Waals surface area (Å²) in [5.41, 5.74) is 2.08. The zero-order chi connectivity index (χ0) is 18.2. The van der Waals surface area contributed by atoms with Crippen molar-refractivity contribution >= 4 is 52.1 Å². The van der Waals surface area contributed by atoms with Crippen LogP contribution in [0, 0.1) is 0 Å². The molecule has 0 heterocycles. The largest absolute Gasteiger partial charge is 0.376 e. The number of amides is 2. The van der Waals surface area contributed by atoms with Gasteiger partial charge in [-0.05, 0) is 48.9 Å². The smallest absolute Gasteiger partial charge is 0.243 e. The minimum absolute atomic E-state index is 0.00999. The van der Waals surface area contributed by atoms with Crippen LogP contribution in [0.5, 0.6) is 0 Å². The number of nitrogens with one attached hydrogen (secondary N) is 3. The maximum Gasteiger partial charge on any atom is 0.243 e. The summed E-state index contributed by atoms with van der Waals surface area (Å²) in [6.07, 6.45) is 1.30. The number of rotatable bonds is 7. The summed E-state index contributed by atoms with van der Waals surface area (Å²) in [4.78, 5) is 23.5. The lowest BCUT2D eigenvalue weighted by Crippen LogP contribution is -2.21. The van der Waals surface area contributed by atoms with Crippen molar-refractivity contribution in [3.8, 4) is 0 Å². The van der Waals surface area contributed by atoms with Gasteiger partial charge in [0.15, 0.2) is 0 Å². The fourth-order valence-electron chi connectivity index (χ4n) is 2.08. The molecule has 2 amide bonds. The van der Waals surface area contributed by atoms with E-state index in [1.54, 1.807) is 42.5 Å². The predicted octanol–water partition coefficient (Wildman–Crippen LogP) is 4.78. The van der Waals surface area contributed by atoms with Gasteiger partial charge < -0.3 is 16.0 Å². The van der Waals surface area contributed by atoms with Crippen LogP contribution in [-0.2, 0) is 9.59 Å². The van der Waals surface area contributed by atoms with Crippen molar-refractivity contribution in [1.82, 2.24) is 0 Å². The molecule has 2 rings (SSSR count). The summed E-state index contributed by atoms with van der Waals surface area (Å²) in [6.45, 7) is 2.05. The number of carbonyl (C=O) groups is 2. The van der Waals surface area contributed by atoms with Crippen molar-refractivity contribution in [3.05, 3.63) is 52.5 Å². The Labute approximate surface area is 156 Å². The SMILES string of the molecule is CCCC(=O)Nc1ccc(NCC(=O)Nc2ccc(Cl)c(Cl)c2)cc1. The summed E-state index contributed by atoms with van der Waals surface area (Å²) in [5, 5.41) is 9.37. The average Bonchev–Trinajstić information content (AvgIpc) is 2.58. The van der Waals surface area contributed by atoms with Crippen molar-refractivity contribution in [3.63, 3.8) is 0 Å². The minimum Gasteiger partial charge on any atom is -0.376 e. The molecule has 25 heavy (non-hydrogen) atoms. The van der Waals surface area contributed by atoms with Gasteiger partial charge in [0.05, 0.1) is 16.6 Å². The van der Waals surface area contributed by atoms with Gasteiger partial charge in [-0.1, -0.05) is 30.1 Å². The van der Waals surface area contributed by atoms with Crippen LogP contribution in [0.1, 0.15) is 19.8 Å². The monoisotopic (exact) mass is 379 g/mol. The Morgan fingerprint density at radius 3 is 2.08 bits per heavy atom. The Morgan fingerprint density at radius 2 is 1.44 bits per heavy atom. The van der Waals surface area contributed by atoms with Gasteiger partial charge >= 0.3 is 0 Å². The van der Waals surface area contributed by atoms with Gasteiger partial charge in [0.25, 0.3) is 0 Å². The molecule has 0 aromatic heterocycles. The summed E-state index contributed by atoms with van der Waals surface area (Å²) in [5.74, 6) is -0.220. The van der Waals surface area contributed by atoms with Crippen molar-refractivity contribution in [1.29, 1.82) is 0 Å². The third-order valence-electron chi connectivity index (χ3n) is 3.30. The Kier molecular flexibility index (Phi) is 7.10. The molecular weight excluding hydrogens is 361 g/mol. The van der Waals surface area contributed by atoms with E-state index in [1.165, 1.54) is 0 Å². The molecule has 0 atom stereocenters. The Morgan fingerprint density at radius 1 is 0.840 bits per heavy atom. The van der Waals surface area contributed by atoms with Gasteiger partial charge in [-0.15, -0.1) is 0 Å². The highest BCUT2D eigenvalue weighted by Crippen LogP contribution is 2.25. The van der Waals surface area contributed by atoms with E-state index in [0.717, 1.165) is 17.8 Å². The number of benzene rings is 2. The molecule has 7 heteroatoms. The molecule has 5 nitrogen and oxygen atoms in total. The summed E-state index contributed by atoms with van der Waals surface area (Å²) in [6, 6.07) is 12.1. The molecule has 0 aliphatic carbocycles. The fraction of sp³-hybridized carbons (Fsp3) is 0.222. The minimum atomic E-state index is -0.210. The van der Waals surface area contributed by atoms with Gasteiger partial charge in [0, 0.05) is 23.5 Å². The topological polar surface area (TPSA) is 70.2 Å². The molecule has 0 spiro atoms. The first-order chi connectivity index (χ1) is 12.0. The highest BCUT2D eigenvalue weighted by atomic mass is 35.5. The molecule has 0 radical (unpaired) electrons. The van der Waals surface area contributed by atoms with Crippen LogP contribution in [0.2, 0.25) is 10.0 Å². The second-order valence-electron chi connectivity index (χ2n) is 5.41. The maximum absolute atomic E-state index is 12.0. The normalized spacial score (nSPS) is 10.2. The van der Waals surface area contributed by atoms with Crippen molar-refractivity contribution in [2.24, 2.45) is 0 Å². The number of halogens is 2. The molecule has 0 aliphatic heterocycles. The van der Waals surface area contributed by atoms with E-state index in [0.29, 0.717) is 22.2 Å². The summed E-state index contributed by atoms with van der Waals surface area (Å²) in [7, 11) is 0. The van der Waals surface area contributed by atoms with Gasteiger partial charge in [-0.3, -0.25) is 9.59 Å². The van der Waals surface area contributed by atoms with Crippen molar-refractivity contribution in [2.75, 3.05) is 22.5 Å². The lowest BCUT2D eigenvalue weighted by Gasteiger charge is -2.10. The van der Waals surface area contributed by atoms with Crippen LogP contribution in [0.25, 0.3) is 0 Å². The molecule has 3 N–H and O–H groups in total.